The maximum atomic E-state index is 13.5. The van der Waals surface area contributed by atoms with Crippen molar-refractivity contribution in [3.05, 3.63) is 110 Å². The van der Waals surface area contributed by atoms with Gasteiger partial charge in [0.05, 0.1) is 5.57 Å². The molecule has 10 heteroatoms. The number of halogens is 3. The molecule has 3 aromatic carbocycles. The van der Waals surface area contributed by atoms with Gasteiger partial charge in [-0.15, -0.1) is 5.10 Å². The summed E-state index contributed by atoms with van der Waals surface area (Å²) >= 11 is 19.7. The molecule has 0 aliphatic carbocycles. The molecule has 0 spiro atoms. The molecule has 36 heavy (non-hydrogen) atoms. The highest BCUT2D eigenvalue weighted by Gasteiger charge is 2.34. The molecule has 0 unspecified atom stereocenters. The number of allylic oxidation sites excluding steroid dienone is 1. The van der Waals surface area contributed by atoms with E-state index in [9.17, 15) is 4.79 Å². The molecule has 1 aromatic heterocycles. The fraction of sp³-hybridized carbons (Fsp3) is 0.115. The number of carbonyl (C=O) groups is 1. The molecular weight excluding hydrogens is 537 g/mol. The number of hydrogen-bond acceptors (Lipinski definition) is 5. The van der Waals surface area contributed by atoms with Crippen molar-refractivity contribution in [3.63, 3.8) is 0 Å². The van der Waals surface area contributed by atoms with Gasteiger partial charge in [0, 0.05) is 32.2 Å². The molecule has 0 saturated heterocycles. The molecule has 2 N–H and O–H groups in total. The Hall–Kier alpha value is -2.97. The van der Waals surface area contributed by atoms with Crippen LogP contribution in [-0.2, 0) is 10.5 Å². The van der Waals surface area contributed by atoms with Crippen molar-refractivity contribution in [2.24, 2.45) is 0 Å². The molecule has 182 valence electrons. The summed E-state index contributed by atoms with van der Waals surface area (Å²) in [6.45, 7) is 1.86. The summed E-state index contributed by atoms with van der Waals surface area (Å²) in [7, 11) is 0. The van der Waals surface area contributed by atoms with E-state index >= 15 is 0 Å². The first-order chi connectivity index (χ1) is 17.4. The Morgan fingerprint density at radius 2 is 1.53 bits per heavy atom. The highest BCUT2D eigenvalue weighted by atomic mass is 35.5. The smallest absolute Gasteiger partial charge is 0.255 e. The Bertz CT molecular complexity index is 1430. The van der Waals surface area contributed by atoms with Crippen LogP contribution in [0, 0.1) is 0 Å². The van der Waals surface area contributed by atoms with Crippen LogP contribution in [0.2, 0.25) is 15.1 Å². The van der Waals surface area contributed by atoms with Crippen molar-refractivity contribution in [1.82, 2.24) is 14.8 Å². The minimum atomic E-state index is -0.497. The third kappa shape index (κ3) is 5.39. The Morgan fingerprint density at radius 3 is 2.17 bits per heavy atom. The number of nitrogens with zero attached hydrogens (tertiary/aromatic N) is 3. The highest BCUT2D eigenvalue weighted by Crippen LogP contribution is 2.37. The summed E-state index contributed by atoms with van der Waals surface area (Å²) in [4.78, 5) is 18.2. The third-order valence-corrected chi connectivity index (χ3v) is 7.31. The molecule has 1 aliphatic heterocycles. The summed E-state index contributed by atoms with van der Waals surface area (Å²) < 4.78 is 1.75. The van der Waals surface area contributed by atoms with Crippen molar-refractivity contribution in [2.45, 2.75) is 23.9 Å². The van der Waals surface area contributed by atoms with Gasteiger partial charge in [0.25, 0.3) is 5.91 Å². The second-order valence-electron chi connectivity index (χ2n) is 8.16. The number of nitrogens with one attached hydrogen (secondary N) is 2. The minimum absolute atomic E-state index is 0.251. The van der Waals surface area contributed by atoms with E-state index in [1.54, 1.807) is 41.1 Å². The molecular formula is C26H20Cl3N5OS. The number of fused-ring (bicyclic) bond motifs is 1. The first kappa shape index (κ1) is 24.7. The summed E-state index contributed by atoms with van der Waals surface area (Å²) in [6, 6.07) is 21.6. The predicted octanol–water partition coefficient (Wildman–Crippen LogP) is 7.46. The Balaban J connectivity index is 1.47. The Kier molecular flexibility index (Phi) is 7.25. The quantitative estimate of drug-likeness (QED) is 0.241. The van der Waals surface area contributed by atoms with Gasteiger partial charge in [0.1, 0.15) is 6.04 Å². The number of hydrogen-bond donors (Lipinski definition) is 2. The molecule has 0 fully saturated rings. The van der Waals surface area contributed by atoms with Crippen LogP contribution in [0.4, 0.5) is 11.6 Å². The van der Waals surface area contributed by atoms with Gasteiger partial charge in [-0.05, 0) is 66.6 Å². The van der Waals surface area contributed by atoms with Gasteiger partial charge in [-0.2, -0.15) is 4.98 Å². The van der Waals surface area contributed by atoms with Crippen LogP contribution in [0.3, 0.4) is 0 Å². The number of anilines is 2. The van der Waals surface area contributed by atoms with Crippen molar-refractivity contribution >= 4 is 64.1 Å². The van der Waals surface area contributed by atoms with Crippen LogP contribution in [0.25, 0.3) is 0 Å². The molecule has 6 nitrogen and oxygen atoms in total. The van der Waals surface area contributed by atoms with Crippen molar-refractivity contribution in [3.8, 4) is 0 Å². The van der Waals surface area contributed by atoms with Crippen molar-refractivity contribution in [1.29, 1.82) is 0 Å². The van der Waals surface area contributed by atoms with E-state index in [1.165, 1.54) is 11.8 Å². The number of aromatic nitrogens is 3. The lowest BCUT2D eigenvalue weighted by molar-refractivity contribution is -0.113. The van der Waals surface area contributed by atoms with Gasteiger partial charge >= 0.3 is 0 Å². The van der Waals surface area contributed by atoms with Gasteiger partial charge in [-0.1, -0.05) is 70.8 Å². The van der Waals surface area contributed by atoms with E-state index in [-0.39, 0.29) is 5.91 Å². The second-order valence-corrected chi connectivity index (χ2v) is 10.4. The van der Waals surface area contributed by atoms with Crippen LogP contribution >= 0.6 is 46.6 Å². The molecule has 0 saturated carbocycles. The zero-order valence-electron chi connectivity index (χ0n) is 19.0. The average molecular weight is 557 g/mol. The summed E-state index contributed by atoms with van der Waals surface area (Å²) in [5, 5.41) is 13.5. The molecule has 1 atom stereocenters. The maximum Gasteiger partial charge on any atom is 0.255 e. The van der Waals surface area contributed by atoms with Crippen molar-refractivity contribution < 1.29 is 4.79 Å². The van der Waals surface area contributed by atoms with E-state index in [2.05, 4.69) is 15.6 Å². The van der Waals surface area contributed by atoms with Gasteiger partial charge < -0.3 is 10.6 Å². The number of carbonyl (C=O) groups excluding carboxylic acids is 1. The molecule has 2 heterocycles. The maximum absolute atomic E-state index is 13.5. The van der Waals surface area contributed by atoms with Crippen molar-refractivity contribution in [2.75, 3.05) is 10.6 Å². The van der Waals surface area contributed by atoms with E-state index in [0.29, 0.717) is 48.9 Å². The molecule has 0 bridgehead atoms. The Morgan fingerprint density at radius 1 is 0.944 bits per heavy atom. The zero-order chi connectivity index (χ0) is 25.2. The topological polar surface area (TPSA) is 71.8 Å². The fourth-order valence-electron chi connectivity index (χ4n) is 3.90. The van der Waals surface area contributed by atoms with E-state index < -0.39 is 6.04 Å². The molecule has 4 aromatic rings. The lowest BCUT2D eigenvalue weighted by atomic mass is 9.95. The first-order valence-electron chi connectivity index (χ1n) is 11.0. The van der Waals surface area contributed by atoms with Crippen LogP contribution in [0.5, 0.6) is 0 Å². The van der Waals surface area contributed by atoms with Crippen LogP contribution in [-0.4, -0.2) is 20.7 Å². The largest absolute Gasteiger partial charge is 0.328 e. The minimum Gasteiger partial charge on any atom is -0.328 e. The SMILES string of the molecule is CC1=C(C(=O)Nc2ccc(Cl)cc2)[C@H](c2ccc(Cl)cc2)n2nc(SCc3ccc(Cl)cc3)nc2N1. The van der Waals surface area contributed by atoms with E-state index in [4.69, 9.17) is 39.9 Å². The predicted molar refractivity (Wildman–Crippen MR) is 147 cm³/mol. The number of rotatable bonds is 6. The lowest BCUT2D eigenvalue weighted by Crippen LogP contribution is -2.31. The van der Waals surface area contributed by atoms with Gasteiger partial charge in [0.2, 0.25) is 11.1 Å². The van der Waals surface area contributed by atoms with Crippen LogP contribution < -0.4 is 10.6 Å². The number of amides is 1. The number of thioether (sulfide) groups is 1. The third-order valence-electron chi connectivity index (χ3n) is 5.65. The van der Waals surface area contributed by atoms with Gasteiger partial charge in [-0.3, -0.25) is 4.79 Å². The highest BCUT2D eigenvalue weighted by molar-refractivity contribution is 7.98. The molecule has 5 rings (SSSR count). The van der Waals surface area contributed by atoms with Gasteiger partial charge in [-0.25, -0.2) is 4.68 Å². The Labute approximate surface area is 227 Å². The summed E-state index contributed by atoms with van der Waals surface area (Å²) in [5.41, 5.74) is 3.83. The van der Waals surface area contributed by atoms with Crippen LogP contribution in [0.15, 0.2) is 89.2 Å². The van der Waals surface area contributed by atoms with Gasteiger partial charge in [0.15, 0.2) is 0 Å². The van der Waals surface area contributed by atoms with E-state index in [1.807, 2.05) is 43.3 Å². The summed E-state index contributed by atoms with van der Waals surface area (Å²) in [6.07, 6.45) is 0. The second kappa shape index (κ2) is 10.6. The zero-order valence-corrected chi connectivity index (χ0v) is 22.1. The summed E-state index contributed by atoms with van der Waals surface area (Å²) in [5.74, 6) is 0.996. The molecule has 0 radical (unpaired) electrons. The monoisotopic (exact) mass is 555 g/mol. The normalized spacial score (nSPS) is 14.8. The first-order valence-corrected chi connectivity index (χ1v) is 13.1. The average Bonchev–Trinajstić information content (AvgIpc) is 3.27. The fourth-order valence-corrected chi connectivity index (χ4v) is 5.06. The van der Waals surface area contributed by atoms with E-state index in [0.717, 1.165) is 11.1 Å². The molecule has 1 amide bonds. The number of benzene rings is 3. The van der Waals surface area contributed by atoms with Crippen LogP contribution in [0.1, 0.15) is 24.1 Å². The lowest BCUT2D eigenvalue weighted by Gasteiger charge is -2.28. The molecule has 1 aliphatic rings. The standard InChI is InChI=1S/C26H20Cl3N5OS/c1-15-22(24(35)31-21-12-10-20(29)11-13-21)23(17-4-8-19(28)9-5-17)34-25(30-15)32-26(33-34)36-14-16-2-6-18(27)7-3-16/h2-13,23H,14H2,1H3,(H,31,35)(H,30,32,33)/t23-/m0/s1.